The second-order valence-electron chi connectivity index (χ2n) is 8.50. The molecule has 2 aromatic carbocycles. The number of primary amides is 1. The molecule has 0 radical (unpaired) electrons. The molecule has 1 aliphatic heterocycles. The van der Waals surface area contributed by atoms with Gasteiger partial charge in [0, 0.05) is 24.0 Å². The van der Waals surface area contributed by atoms with E-state index in [1.165, 1.54) is 24.4 Å². The molecule has 1 aliphatic rings. The van der Waals surface area contributed by atoms with Gasteiger partial charge in [0.2, 0.25) is 0 Å². The number of nitrogens with zero attached hydrogens (tertiary/aromatic N) is 3. The second kappa shape index (κ2) is 9.26. The van der Waals surface area contributed by atoms with E-state index in [2.05, 4.69) is 10.4 Å². The van der Waals surface area contributed by atoms with Crippen molar-refractivity contribution in [2.75, 3.05) is 11.9 Å². The summed E-state index contributed by atoms with van der Waals surface area (Å²) in [5, 5.41) is 14.7. The molecule has 8 nitrogen and oxygen atoms in total. The molecule has 1 atom stereocenters. The molecule has 0 saturated carbocycles. The summed E-state index contributed by atoms with van der Waals surface area (Å²) in [6.45, 7) is 4.50. The Hall–Kier alpha value is -3.72. The first-order valence-corrected chi connectivity index (χ1v) is 11.1. The van der Waals surface area contributed by atoms with Crippen LogP contribution in [-0.4, -0.2) is 39.4 Å². The van der Waals surface area contributed by atoms with Crippen molar-refractivity contribution < 1.29 is 14.0 Å². The molecule has 3 amide bonds. The van der Waals surface area contributed by atoms with Gasteiger partial charge in [-0.25, -0.2) is 9.18 Å². The Kier molecular flexibility index (Phi) is 6.39. The van der Waals surface area contributed by atoms with Gasteiger partial charge in [0.1, 0.15) is 11.5 Å². The van der Waals surface area contributed by atoms with Crippen LogP contribution in [0.25, 0.3) is 11.3 Å². The predicted octanol–water partition coefficient (Wildman–Crippen LogP) is 4.68. The smallest absolute Gasteiger partial charge is 0.322 e. The SMILES string of the molecule is CC(C)C1CN(C(=O)Nc2ccc(C=N)cc2)Cc2c(C(N)=O)c(-c3ccc(F)c(Cl)c3)nn21. The van der Waals surface area contributed by atoms with Crippen LogP contribution in [0.2, 0.25) is 5.02 Å². The first-order chi connectivity index (χ1) is 16.2. The molecular weight excluding hydrogens is 459 g/mol. The van der Waals surface area contributed by atoms with Gasteiger partial charge in [-0.15, -0.1) is 0 Å². The Bertz CT molecular complexity index is 1270. The minimum absolute atomic E-state index is 0.0886. The maximum Gasteiger partial charge on any atom is 0.322 e. The monoisotopic (exact) mass is 482 g/mol. The highest BCUT2D eigenvalue weighted by Crippen LogP contribution is 2.35. The molecule has 0 fully saturated rings. The minimum atomic E-state index is -0.691. The molecular formula is C24H24ClFN6O2. The van der Waals surface area contributed by atoms with Crippen LogP contribution < -0.4 is 11.1 Å². The lowest BCUT2D eigenvalue weighted by molar-refractivity contribution is 0.0995. The normalized spacial score (nSPS) is 15.2. The van der Waals surface area contributed by atoms with E-state index in [0.717, 1.165) is 5.56 Å². The van der Waals surface area contributed by atoms with Gasteiger partial charge >= 0.3 is 6.03 Å². The van der Waals surface area contributed by atoms with Crippen LogP contribution in [0.3, 0.4) is 0 Å². The molecule has 10 heteroatoms. The van der Waals surface area contributed by atoms with Gasteiger partial charge < -0.3 is 21.4 Å². The molecule has 2 heterocycles. The van der Waals surface area contributed by atoms with Crippen molar-refractivity contribution in [3.63, 3.8) is 0 Å². The van der Waals surface area contributed by atoms with Gasteiger partial charge in [-0.1, -0.05) is 37.6 Å². The van der Waals surface area contributed by atoms with E-state index in [1.807, 2.05) is 13.8 Å². The molecule has 0 bridgehead atoms. The topological polar surface area (TPSA) is 117 Å². The van der Waals surface area contributed by atoms with E-state index in [0.29, 0.717) is 29.2 Å². The lowest BCUT2D eigenvalue weighted by Crippen LogP contribution is -2.45. The number of amides is 3. The highest BCUT2D eigenvalue weighted by molar-refractivity contribution is 6.31. The predicted molar refractivity (Wildman–Crippen MR) is 129 cm³/mol. The summed E-state index contributed by atoms with van der Waals surface area (Å²) >= 11 is 5.96. The average Bonchev–Trinajstić information content (AvgIpc) is 3.20. The summed E-state index contributed by atoms with van der Waals surface area (Å²) in [5.74, 6) is -1.18. The minimum Gasteiger partial charge on any atom is -0.365 e. The van der Waals surface area contributed by atoms with Crippen molar-refractivity contribution in [1.29, 1.82) is 5.41 Å². The van der Waals surface area contributed by atoms with Crippen molar-refractivity contribution in [3.8, 4) is 11.3 Å². The number of hydrogen-bond donors (Lipinski definition) is 3. The first kappa shape index (κ1) is 23.4. The number of rotatable bonds is 5. The fourth-order valence-corrected chi connectivity index (χ4v) is 4.24. The molecule has 1 aromatic heterocycles. The highest BCUT2D eigenvalue weighted by atomic mass is 35.5. The number of carbonyl (C=O) groups is 2. The molecule has 4 N–H and O–H groups in total. The summed E-state index contributed by atoms with van der Waals surface area (Å²) in [6, 6.07) is 10.5. The molecule has 1 unspecified atom stereocenters. The molecule has 34 heavy (non-hydrogen) atoms. The Morgan fingerprint density at radius 1 is 1.26 bits per heavy atom. The fourth-order valence-electron chi connectivity index (χ4n) is 4.06. The number of aromatic nitrogens is 2. The zero-order valence-corrected chi connectivity index (χ0v) is 19.4. The van der Waals surface area contributed by atoms with Gasteiger partial charge in [0.15, 0.2) is 0 Å². The number of benzene rings is 2. The quantitative estimate of drug-likeness (QED) is 0.458. The zero-order chi connectivity index (χ0) is 24.6. The third-order valence-electron chi connectivity index (χ3n) is 5.90. The molecule has 3 aromatic rings. The van der Waals surface area contributed by atoms with Crippen LogP contribution in [0, 0.1) is 17.1 Å². The number of nitrogens with one attached hydrogen (secondary N) is 2. The van der Waals surface area contributed by atoms with Crippen LogP contribution in [0.15, 0.2) is 42.5 Å². The maximum atomic E-state index is 13.7. The number of fused-ring (bicyclic) bond motifs is 1. The van der Waals surface area contributed by atoms with Crippen molar-refractivity contribution >= 4 is 35.4 Å². The van der Waals surface area contributed by atoms with Crippen molar-refractivity contribution in [2.24, 2.45) is 11.7 Å². The third kappa shape index (κ3) is 4.38. The lowest BCUT2D eigenvalue weighted by atomic mass is 9.99. The lowest BCUT2D eigenvalue weighted by Gasteiger charge is -2.36. The molecule has 4 rings (SSSR count). The van der Waals surface area contributed by atoms with E-state index >= 15 is 0 Å². The Labute approximate surface area is 201 Å². The molecule has 0 saturated heterocycles. The number of hydrogen-bond acceptors (Lipinski definition) is 4. The largest absolute Gasteiger partial charge is 0.365 e. The summed E-state index contributed by atoms with van der Waals surface area (Å²) < 4.78 is 15.5. The van der Waals surface area contributed by atoms with Crippen LogP contribution in [0.4, 0.5) is 14.9 Å². The van der Waals surface area contributed by atoms with Gasteiger partial charge in [-0.3, -0.25) is 9.48 Å². The van der Waals surface area contributed by atoms with E-state index < -0.39 is 11.7 Å². The third-order valence-corrected chi connectivity index (χ3v) is 6.19. The van der Waals surface area contributed by atoms with E-state index in [9.17, 15) is 14.0 Å². The Morgan fingerprint density at radius 2 is 1.97 bits per heavy atom. The summed E-state index contributed by atoms with van der Waals surface area (Å²) in [6.07, 6.45) is 1.22. The highest BCUT2D eigenvalue weighted by Gasteiger charge is 2.36. The number of halogens is 2. The maximum absolute atomic E-state index is 13.7. The number of anilines is 1. The standard InChI is InChI=1S/C24H24ClFN6O2/c1-13(2)19-11-31(24(34)29-16-6-3-14(10-27)4-7-16)12-20-21(23(28)33)22(30-32(19)20)15-5-8-18(26)17(25)9-15/h3-10,13,19,27H,11-12H2,1-2H3,(H2,28,33)(H,29,34). The van der Waals surface area contributed by atoms with Crippen LogP contribution >= 0.6 is 11.6 Å². The Balaban J connectivity index is 1.72. The van der Waals surface area contributed by atoms with E-state index in [1.54, 1.807) is 33.8 Å². The van der Waals surface area contributed by atoms with Crippen LogP contribution in [0.5, 0.6) is 0 Å². The molecule has 0 spiro atoms. The van der Waals surface area contributed by atoms with E-state index in [-0.39, 0.29) is 35.1 Å². The average molecular weight is 483 g/mol. The van der Waals surface area contributed by atoms with Crippen LogP contribution in [-0.2, 0) is 6.54 Å². The number of nitrogens with two attached hydrogens (primary N) is 1. The fraction of sp³-hybridized carbons (Fsp3) is 0.250. The van der Waals surface area contributed by atoms with E-state index in [4.69, 9.17) is 22.7 Å². The Morgan fingerprint density at radius 3 is 2.56 bits per heavy atom. The first-order valence-electron chi connectivity index (χ1n) is 10.7. The molecule has 0 aliphatic carbocycles. The van der Waals surface area contributed by atoms with Gasteiger partial charge in [0.05, 0.1) is 28.9 Å². The van der Waals surface area contributed by atoms with Gasteiger partial charge in [0.25, 0.3) is 5.91 Å². The number of urea groups is 1. The van der Waals surface area contributed by atoms with Crippen LogP contribution in [0.1, 0.15) is 41.5 Å². The van der Waals surface area contributed by atoms with Gasteiger partial charge in [-0.2, -0.15) is 5.10 Å². The van der Waals surface area contributed by atoms with Crippen molar-refractivity contribution in [2.45, 2.75) is 26.4 Å². The number of carbonyl (C=O) groups excluding carboxylic acids is 2. The summed E-state index contributed by atoms with van der Waals surface area (Å²) in [5.41, 5.74) is 8.52. The van der Waals surface area contributed by atoms with Crippen molar-refractivity contribution in [3.05, 3.63) is 70.1 Å². The summed E-state index contributed by atoms with van der Waals surface area (Å²) in [4.78, 5) is 27.2. The zero-order valence-electron chi connectivity index (χ0n) is 18.7. The second-order valence-corrected chi connectivity index (χ2v) is 8.90. The van der Waals surface area contributed by atoms with Gasteiger partial charge in [-0.05, 0) is 41.8 Å². The van der Waals surface area contributed by atoms with Crippen molar-refractivity contribution in [1.82, 2.24) is 14.7 Å². The summed E-state index contributed by atoms with van der Waals surface area (Å²) in [7, 11) is 0. The molecule has 176 valence electrons.